The SMILES string of the molecule is Cc1nc(Cc2ccco2)c(Br)n1C. The smallest absolute Gasteiger partial charge is 0.109 e. The lowest BCUT2D eigenvalue weighted by molar-refractivity contribution is 0.519. The van der Waals surface area contributed by atoms with Crippen LogP contribution in [-0.2, 0) is 13.5 Å². The van der Waals surface area contributed by atoms with Gasteiger partial charge in [0.15, 0.2) is 0 Å². The fraction of sp³-hybridized carbons (Fsp3) is 0.300. The molecule has 0 bridgehead atoms. The topological polar surface area (TPSA) is 31.0 Å². The van der Waals surface area contributed by atoms with E-state index in [2.05, 4.69) is 20.9 Å². The summed E-state index contributed by atoms with van der Waals surface area (Å²) in [5.74, 6) is 1.93. The van der Waals surface area contributed by atoms with Crippen molar-refractivity contribution >= 4 is 15.9 Å². The Morgan fingerprint density at radius 2 is 2.36 bits per heavy atom. The lowest BCUT2D eigenvalue weighted by Gasteiger charge is -1.96. The highest BCUT2D eigenvalue weighted by molar-refractivity contribution is 9.10. The Kier molecular flexibility index (Phi) is 2.46. The highest BCUT2D eigenvalue weighted by Crippen LogP contribution is 2.20. The summed E-state index contributed by atoms with van der Waals surface area (Å²) in [7, 11) is 1.98. The minimum absolute atomic E-state index is 0.731. The van der Waals surface area contributed by atoms with Crippen LogP contribution in [0.2, 0.25) is 0 Å². The minimum atomic E-state index is 0.731. The quantitative estimate of drug-likeness (QED) is 0.826. The van der Waals surface area contributed by atoms with E-state index >= 15 is 0 Å². The zero-order valence-electron chi connectivity index (χ0n) is 8.12. The molecule has 4 heteroatoms. The number of hydrogen-bond acceptors (Lipinski definition) is 2. The molecule has 2 heterocycles. The van der Waals surface area contributed by atoms with Crippen molar-refractivity contribution in [2.45, 2.75) is 13.3 Å². The van der Waals surface area contributed by atoms with Gasteiger partial charge in [-0.15, -0.1) is 0 Å². The zero-order chi connectivity index (χ0) is 10.1. The summed E-state index contributed by atoms with van der Waals surface area (Å²) in [4.78, 5) is 4.44. The second-order valence-corrected chi connectivity index (χ2v) is 3.96. The average Bonchev–Trinajstić information content (AvgIpc) is 2.73. The summed E-state index contributed by atoms with van der Waals surface area (Å²) < 4.78 is 8.30. The van der Waals surface area contributed by atoms with E-state index in [0.717, 1.165) is 28.3 Å². The van der Waals surface area contributed by atoms with Crippen LogP contribution in [0.15, 0.2) is 27.4 Å². The molecule has 3 nitrogen and oxygen atoms in total. The molecule has 0 unspecified atom stereocenters. The number of aromatic nitrogens is 2. The maximum Gasteiger partial charge on any atom is 0.109 e. The normalized spacial score (nSPS) is 10.8. The van der Waals surface area contributed by atoms with E-state index in [1.54, 1.807) is 6.26 Å². The van der Waals surface area contributed by atoms with Crippen LogP contribution < -0.4 is 0 Å². The Labute approximate surface area is 90.9 Å². The van der Waals surface area contributed by atoms with Crippen molar-refractivity contribution in [2.75, 3.05) is 0 Å². The van der Waals surface area contributed by atoms with Crippen LogP contribution in [0.4, 0.5) is 0 Å². The molecule has 2 aromatic heterocycles. The van der Waals surface area contributed by atoms with Crippen LogP contribution in [0.3, 0.4) is 0 Å². The molecule has 0 N–H and O–H groups in total. The number of nitrogens with zero attached hydrogens (tertiary/aromatic N) is 2. The Balaban J connectivity index is 2.30. The maximum atomic E-state index is 5.27. The van der Waals surface area contributed by atoms with Crippen LogP contribution >= 0.6 is 15.9 Å². The third-order valence-corrected chi connectivity index (χ3v) is 3.23. The minimum Gasteiger partial charge on any atom is -0.469 e. The Hall–Kier alpha value is -1.03. The standard InChI is InChI=1S/C10H11BrN2O/c1-7-12-9(10(11)13(7)2)6-8-4-3-5-14-8/h3-5H,6H2,1-2H3. The van der Waals surface area contributed by atoms with Crippen LogP contribution in [0, 0.1) is 6.92 Å². The predicted molar refractivity (Wildman–Crippen MR) is 57.2 cm³/mol. The molecular formula is C10H11BrN2O. The Morgan fingerprint density at radius 1 is 1.57 bits per heavy atom. The van der Waals surface area contributed by atoms with E-state index in [-0.39, 0.29) is 0 Å². The Bertz CT molecular complexity index is 431. The van der Waals surface area contributed by atoms with Crippen molar-refractivity contribution in [3.8, 4) is 0 Å². The van der Waals surface area contributed by atoms with Crippen LogP contribution in [0.1, 0.15) is 17.3 Å². The number of aryl methyl sites for hydroxylation is 1. The molecule has 0 amide bonds. The molecular weight excluding hydrogens is 244 g/mol. The van der Waals surface area contributed by atoms with Crippen molar-refractivity contribution in [1.82, 2.24) is 9.55 Å². The number of imidazole rings is 1. The van der Waals surface area contributed by atoms with Crippen molar-refractivity contribution in [3.05, 3.63) is 40.3 Å². The van der Waals surface area contributed by atoms with Gasteiger partial charge >= 0.3 is 0 Å². The highest BCUT2D eigenvalue weighted by Gasteiger charge is 2.10. The number of rotatable bonds is 2. The molecule has 14 heavy (non-hydrogen) atoms. The third-order valence-electron chi connectivity index (χ3n) is 2.24. The molecule has 74 valence electrons. The number of halogens is 1. The first kappa shape index (κ1) is 9.52. The second-order valence-electron chi connectivity index (χ2n) is 3.21. The van der Waals surface area contributed by atoms with Gasteiger partial charge in [0.2, 0.25) is 0 Å². The predicted octanol–water partition coefficient (Wildman–Crippen LogP) is 2.67. The molecule has 0 aliphatic carbocycles. The number of hydrogen-bond donors (Lipinski definition) is 0. The summed E-state index contributed by atoms with van der Waals surface area (Å²) >= 11 is 3.51. The van der Waals surface area contributed by atoms with Crippen molar-refractivity contribution < 1.29 is 4.42 Å². The Morgan fingerprint density at radius 3 is 2.86 bits per heavy atom. The van der Waals surface area contributed by atoms with Gasteiger partial charge in [-0.1, -0.05) is 0 Å². The molecule has 0 atom stereocenters. The van der Waals surface area contributed by atoms with Crippen LogP contribution in [0.5, 0.6) is 0 Å². The first-order chi connectivity index (χ1) is 6.68. The molecule has 0 spiro atoms. The third kappa shape index (κ3) is 1.62. The molecule has 0 aliphatic heterocycles. The van der Waals surface area contributed by atoms with Gasteiger partial charge in [-0.05, 0) is 35.0 Å². The van der Waals surface area contributed by atoms with Crippen molar-refractivity contribution in [3.63, 3.8) is 0 Å². The van der Waals surface area contributed by atoms with E-state index < -0.39 is 0 Å². The first-order valence-electron chi connectivity index (χ1n) is 4.38. The van der Waals surface area contributed by atoms with Gasteiger partial charge < -0.3 is 8.98 Å². The summed E-state index contributed by atoms with van der Waals surface area (Å²) in [6.07, 6.45) is 2.41. The van der Waals surface area contributed by atoms with E-state index in [1.165, 1.54) is 0 Å². The van der Waals surface area contributed by atoms with Gasteiger partial charge in [0.25, 0.3) is 0 Å². The largest absolute Gasteiger partial charge is 0.469 e. The summed E-state index contributed by atoms with van der Waals surface area (Å²) in [5, 5.41) is 0. The summed E-state index contributed by atoms with van der Waals surface area (Å²) in [5.41, 5.74) is 1.01. The van der Waals surface area contributed by atoms with Gasteiger partial charge in [0.05, 0.1) is 18.4 Å². The molecule has 0 saturated heterocycles. The fourth-order valence-electron chi connectivity index (χ4n) is 1.34. The van der Waals surface area contributed by atoms with Gasteiger partial charge in [0, 0.05) is 7.05 Å². The molecule has 0 aliphatic rings. The molecule has 2 rings (SSSR count). The van der Waals surface area contributed by atoms with Crippen molar-refractivity contribution in [2.24, 2.45) is 7.05 Å². The lowest BCUT2D eigenvalue weighted by Crippen LogP contribution is -1.90. The average molecular weight is 255 g/mol. The monoisotopic (exact) mass is 254 g/mol. The lowest BCUT2D eigenvalue weighted by atomic mass is 10.3. The highest BCUT2D eigenvalue weighted by atomic mass is 79.9. The second kappa shape index (κ2) is 3.61. The summed E-state index contributed by atoms with van der Waals surface area (Å²) in [6.45, 7) is 1.98. The van der Waals surface area contributed by atoms with Crippen molar-refractivity contribution in [1.29, 1.82) is 0 Å². The summed E-state index contributed by atoms with van der Waals surface area (Å²) in [6, 6.07) is 3.84. The molecule has 0 aromatic carbocycles. The van der Waals surface area contributed by atoms with Crippen LogP contribution in [-0.4, -0.2) is 9.55 Å². The van der Waals surface area contributed by atoms with Gasteiger partial charge in [-0.2, -0.15) is 0 Å². The molecule has 0 radical (unpaired) electrons. The van der Waals surface area contributed by atoms with Gasteiger partial charge in [-0.25, -0.2) is 4.98 Å². The van der Waals surface area contributed by atoms with Crippen LogP contribution in [0.25, 0.3) is 0 Å². The van der Waals surface area contributed by atoms with Gasteiger partial charge in [-0.3, -0.25) is 0 Å². The first-order valence-corrected chi connectivity index (χ1v) is 5.18. The molecule has 0 saturated carbocycles. The van der Waals surface area contributed by atoms with E-state index in [4.69, 9.17) is 4.42 Å². The maximum absolute atomic E-state index is 5.27. The molecule has 2 aromatic rings. The zero-order valence-corrected chi connectivity index (χ0v) is 9.71. The van der Waals surface area contributed by atoms with E-state index in [0.29, 0.717) is 0 Å². The fourth-order valence-corrected chi connectivity index (χ4v) is 1.83. The number of furan rings is 1. The van der Waals surface area contributed by atoms with E-state index in [1.807, 2.05) is 30.7 Å². The van der Waals surface area contributed by atoms with E-state index in [9.17, 15) is 0 Å². The molecule has 0 fully saturated rings. The van der Waals surface area contributed by atoms with Gasteiger partial charge in [0.1, 0.15) is 16.2 Å².